The molecule has 0 saturated heterocycles. The minimum absolute atomic E-state index is 1.09. The van der Waals surface area contributed by atoms with Gasteiger partial charge < -0.3 is 0 Å². The highest BCUT2D eigenvalue weighted by Gasteiger charge is 2.18. The Labute approximate surface area is 97.0 Å². The molecule has 0 heteroatoms. The molecule has 2 aliphatic carbocycles. The fourth-order valence-corrected chi connectivity index (χ4v) is 2.58. The van der Waals surface area contributed by atoms with Gasteiger partial charge in [0, 0.05) is 0 Å². The number of hydrogen-bond acceptors (Lipinski definition) is 0. The lowest BCUT2D eigenvalue weighted by atomic mass is 9.96. The first-order valence-electron chi connectivity index (χ1n) is 6.09. The van der Waals surface area contributed by atoms with Gasteiger partial charge >= 0.3 is 0 Å². The zero-order valence-corrected chi connectivity index (χ0v) is 9.66. The van der Waals surface area contributed by atoms with Crippen molar-refractivity contribution in [2.75, 3.05) is 0 Å². The molecule has 0 N–H and O–H groups in total. The van der Waals surface area contributed by atoms with Crippen LogP contribution in [0.4, 0.5) is 0 Å². The van der Waals surface area contributed by atoms with E-state index in [1.807, 2.05) is 0 Å². The van der Waals surface area contributed by atoms with Crippen LogP contribution < -0.4 is 0 Å². The summed E-state index contributed by atoms with van der Waals surface area (Å²) in [7, 11) is 0. The summed E-state index contributed by atoms with van der Waals surface area (Å²) >= 11 is 0. The van der Waals surface area contributed by atoms with Crippen LogP contribution in [0.3, 0.4) is 0 Å². The van der Waals surface area contributed by atoms with Crippen molar-refractivity contribution in [3.63, 3.8) is 0 Å². The quantitative estimate of drug-likeness (QED) is 0.676. The van der Waals surface area contributed by atoms with Crippen molar-refractivity contribution in [1.29, 1.82) is 0 Å². The van der Waals surface area contributed by atoms with Crippen LogP contribution in [-0.2, 0) is 6.42 Å². The Balaban J connectivity index is 2.05. The van der Waals surface area contributed by atoms with E-state index in [0.717, 1.165) is 6.42 Å². The van der Waals surface area contributed by atoms with Gasteiger partial charge in [0.05, 0.1) is 0 Å². The van der Waals surface area contributed by atoms with E-state index >= 15 is 0 Å². The van der Waals surface area contributed by atoms with Gasteiger partial charge in [-0.2, -0.15) is 0 Å². The Morgan fingerprint density at radius 3 is 3.06 bits per heavy atom. The lowest BCUT2D eigenvalue weighted by molar-refractivity contribution is 0.921. The third-order valence-electron chi connectivity index (χ3n) is 3.36. The molecule has 0 aromatic heterocycles. The molecule has 0 heterocycles. The van der Waals surface area contributed by atoms with Gasteiger partial charge in [0.2, 0.25) is 0 Å². The maximum Gasteiger partial charge on any atom is -0.00879 e. The van der Waals surface area contributed by atoms with Crippen molar-refractivity contribution < 1.29 is 0 Å². The summed E-state index contributed by atoms with van der Waals surface area (Å²) in [5.41, 5.74) is 7.20. The van der Waals surface area contributed by atoms with Gasteiger partial charge in [0.15, 0.2) is 0 Å². The second-order valence-electron chi connectivity index (χ2n) is 4.55. The van der Waals surface area contributed by atoms with Gasteiger partial charge in [-0.15, -0.1) is 0 Å². The van der Waals surface area contributed by atoms with Crippen molar-refractivity contribution in [2.24, 2.45) is 0 Å². The van der Waals surface area contributed by atoms with Crippen molar-refractivity contribution in [1.82, 2.24) is 0 Å². The molecule has 1 aromatic rings. The summed E-state index contributed by atoms with van der Waals surface area (Å²) < 4.78 is 0. The highest BCUT2D eigenvalue weighted by atomic mass is 14.2. The maximum absolute atomic E-state index is 2.35. The molecule has 0 fully saturated rings. The van der Waals surface area contributed by atoms with Gasteiger partial charge in [-0.3, -0.25) is 0 Å². The second-order valence-corrected chi connectivity index (χ2v) is 4.55. The first-order valence-corrected chi connectivity index (χ1v) is 6.09. The Hall–Kier alpha value is -1.56. The number of allylic oxidation sites excluding steroid dienone is 5. The zero-order valence-electron chi connectivity index (χ0n) is 9.66. The molecule has 80 valence electrons. The molecule has 16 heavy (non-hydrogen) atoms. The lowest BCUT2D eigenvalue weighted by Crippen LogP contribution is -1.89. The molecule has 1 aromatic carbocycles. The molecule has 0 bridgehead atoms. The molecule has 0 unspecified atom stereocenters. The number of hydrogen-bond donors (Lipinski definition) is 0. The summed E-state index contributed by atoms with van der Waals surface area (Å²) in [5.74, 6) is 0. The SMILES string of the molecule is CCCc1ccc2c(c1)C=C1CC=CC=C12. The lowest BCUT2D eigenvalue weighted by Gasteiger charge is -2.08. The van der Waals surface area contributed by atoms with Crippen LogP contribution in [0.1, 0.15) is 36.5 Å². The average molecular weight is 208 g/mol. The second kappa shape index (κ2) is 3.79. The predicted octanol–water partition coefficient (Wildman–Crippen LogP) is 4.38. The average Bonchev–Trinajstić information content (AvgIpc) is 2.67. The molecule has 0 spiro atoms. The summed E-state index contributed by atoms with van der Waals surface area (Å²) in [4.78, 5) is 0. The summed E-state index contributed by atoms with van der Waals surface area (Å²) in [6.45, 7) is 2.23. The van der Waals surface area contributed by atoms with E-state index in [2.05, 4.69) is 49.4 Å². The molecule has 0 atom stereocenters. The normalized spacial score (nSPS) is 16.6. The molecule has 0 aliphatic heterocycles. The molecular weight excluding hydrogens is 192 g/mol. The fourth-order valence-electron chi connectivity index (χ4n) is 2.58. The highest BCUT2D eigenvalue weighted by molar-refractivity contribution is 5.96. The van der Waals surface area contributed by atoms with Crippen molar-refractivity contribution in [2.45, 2.75) is 26.2 Å². The minimum Gasteiger partial charge on any atom is -0.0801 e. The van der Waals surface area contributed by atoms with Crippen LogP contribution in [-0.4, -0.2) is 0 Å². The molecule has 2 aliphatic rings. The van der Waals surface area contributed by atoms with E-state index < -0.39 is 0 Å². The number of aryl methyl sites for hydroxylation is 1. The molecule has 0 nitrogen and oxygen atoms in total. The standard InChI is InChI=1S/C16H16/c1-2-5-12-8-9-16-14(10-12)11-13-6-3-4-7-15(13)16/h3-4,7-11H,2,5-6H2,1H3. The monoisotopic (exact) mass is 208 g/mol. The van der Waals surface area contributed by atoms with E-state index in [9.17, 15) is 0 Å². The van der Waals surface area contributed by atoms with E-state index in [4.69, 9.17) is 0 Å². The molecule has 0 amide bonds. The minimum atomic E-state index is 1.09. The van der Waals surface area contributed by atoms with Gasteiger partial charge in [-0.25, -0.2) is 0 Å². The van der Waals surface area contributed by atoms with Crippen LogP contribution in [0.5, 0.6) is 0 Å². The van der Waals surface area contributed by atoms with Crippen molar-refractivity contribution in [3.8, 4) is 0 Å². The number of benzene rings is 1. The number of rotatable bonds is 2. The smallest absolute Gasteiger partial charge is 0.00879 e. The molecule has 0 saturated carbocycles. The van der Waals surface area contributed by atoms with E-state index in [0.29, 0.717) is 0 Å². The Morgan fingerprint density at radius 2 is 2.19 bits per heavy atom. The summed E-state index contributed by atoms with van der Waals surface area (Å²) in [6.07, 6.45) is 12.5. The Bertz CT molecular complexity index is 513. The van der Waals surface area contributed by atoms with Gasteiger partial charge in [-0.05, 0) is 40.7 Å². The maximum atomic E-state index is 2.35. The Kier molecular flexibility index (Phi) is 2.28. The van der Waals surface area contributed by atoms with Gasteiger partial charge in [0.1, 0.15) is 0 Å². The fraction of sp³-hybridized carbons (Fsp3) is 0.250. The first-order chi connectivity index (χ1) is 7.88. The van der Waals surface area contributed by atoms with Gasteiger partial charge in [0.25, 0.3) is 0 Å². The van der Waals surface area contributed by atoms with Crippen molar-refractivity contribution in [3.05, 3.63) is 58.7 Å². The van der Waals surface area contributed by atoms with Crippen LogP contribution in [0, 0.1) is 0 Å². The summed E-state index contributed by atoms with van der Waals surface area (Å²) in [6, 6.07) is 6.91. The van der Waals surface area contributed by atoms with Crippen LogP contribution in [0.15, 0.2) is 42.0 Å². The summed E-state index contributed by atoms with van der Waals surface area (Å²) in [5, 5.41) is 0. The number of fused-ring (bicyclic) bond motifs is 3. The van der Waals surface area contributed by atoms with E-state index in [1.54, 1.807) is 0 Å². The largest absolute Gasteiger partial charge is 0.0801 e. The zero-order chi connectivity index (χ0) is 11.0. The molecule has 3 rings (SSSR count). The first kappa shape index (κ1) is 9.65. The van der Waals surface area contributed by atoms with Crippen LogP contribution in [0.25, 0.3) is 11.6 Å². The van der Waals surface area contributed by atoms with Crippen LogP contribution >= 0.6 is 0 Å². The Morgan fingerprint density at radius 1 is 1.25 bits per heavy atom. The molecular formula is C16H16. The van der Waals surface area contributed by atoms with Crippen molar-refractivity contribution >= 4 is 11.6 Å². The van der Waals surface area contributed by atoms with Crippen LogP contribution in [0.2, 0.25) is 0 Å². The van der Waals surface area contributed by atoms with E-state index in [1.165, 1.54) is 40.7 Å². The van der Waals surface area contributed by atoms with Gasteiger partial charge in [-0.1, -0.05) is 55.8 Å². The highest BCUT2D eigenvalue weighted by Crippen LogP contribution is 2.39. The van der Waals surface area contributed by atoms with E-state index in [-0.39, 0.29) is 0 Å². The topological polar surface area (TPSA) is 0 Å². The molecule has 0 radical (unpaired) electrons. The third kappa shape index (κ3) is 1.46. The third-order valence-corrected chi connectivity index (χ3v) is 3.36. The predicted molar refractivity (Wildman–Crippen MR) is 70.1 cm³/mol.